The fraction of sp³-hybridized carbons (Fsp3) is 0.163. The molecule has 4 radical (unpaired) electrons. The standard InChI is InChI=1S/3C20H17N2O.C19H15N2O.C14H14N.3C12H10N.4Ir/c3*1-12(2)14-9-10-21-18(11-14)17-6-4-5-15-16-8-7-13(3)22-20(16)23-19(15)17;1-12(2)13-8-10-20-17(11-13)16-6-3-5-14-15-7-4-9-21-19(15)22-18(14)16;1-11(2)13-8-9-14(15-10-13)12-6-4-3-5-7-12;3*1-10-7-8-12(13-9-10)11-5-3-2-4-6-11;;;;/h3*4-5,7-12H,1-3H3;3-5,7-12H,1-2H3;3-6,8-11H,1-2H3;3*2-5,7-9H,1H3;;;;/q8*-1;;;;/i2*1D3,2D3,12D;2*12D;1D3,11D;3*1D3;;;;. The van der Waals surface area contributed by atoms with Gasteiger partial charge in [-0.3, -0.25) is 0 Å². The number of nitrogens with zero attached hydrogens (tertiary/aromatic N) is 12. The molecule has 0 bridgehead atoms. The van der Waals surface area contributed by atoms with Crippen molar-refractivity contribution in [3.05, 3.63) is 457 Å². The van der Waals surface area contributed by atoms with E-state index in [0.29, 0.717) is 56.4 Å². The molecule has 8 aromatic carbocycles. The smallest absolute Gasteiger partial charge is 0.216 e. The second-order valence-corrected chi connectivity index (χ2v) is 33.5. The van der Waals surface area contributed by atoms with E-state index in [1.54, 1.807) is 104 Å². The Labute approximate surface area is 966 Å². The van der Waals surface area contributed by atoms with E-state index in [2.05, 4.69) is 108 Å². The van der Waals surface area contributed by atoms with Gasteiger partial charge in [0, 0.05) is 215 Å². The Kier molecular flexibility index (Phi) is 27.5. The molecule has 754 valence electrons. The van der Waals surface area contributed by atoms with Crippen LogP contribution in [0.5, 0.6) is 0 Å². The zero-order valence-corrected chi connectivity index (χ0v) is 90.8. The number of hydrogen-bond acceptors (Lipinski definition) is 16. The molecule has 0 saturated carbocycles. The number of benzene rings is 8. The molecular weight excluding hydrogens is 2550 g/mol. The Morgan fingerprint density at radius 1 is 0.235 bits per heavy atom. The maximum absolute atomic E-state index is 8.40. The van der Waals surface area contributed by atoms with Crippen molar-refractivity contribution in [2.24, 2.45) is 0 Å². The number of aryl methyl sites for hydroxylation is 6. The van der Waals surface area contributed by atoms with Crippen LogP contribution in [0, 0.1) is 89.9 Å². The van der Waals surface area contributed by atoms with Crippen molar-refractivity contribution in [3.63, 3.8) is 0 Å². The SMILES string of the molecule is [2H]C(C)(C)c1ccnc(-c2[c-]ccc3c2oc2nc(C)ccc23)c1.[2H]C(C)(C)c1ccnc(-c2[c-]ccc3c2oc2ncccc23)c1.[2H]C([2H])([2H])C([2H])(C)c1ccc(-c2[c-]cccc2)nc1.[2H]C([2H])([2H])C([2H])(c1ccnc(-c2[c-]ccc3c2oc2nc(C)ccc23)c1)C([2H])([2H])[2H].[2H]C([2H])([2H])C([2H])(c1ccnc(-c2[c-]ccc3c2oc2nc(C)ccc23)c1)C([2H])([2H])[2H].[2H]C([2H])([2H])c1ccc(-c2[c-]cccc2)nc1.[2H]C([2H])([2H])c1ccc(-c2[c-]cccc2)nc1.[2H]C([2H])([2H])c1ccc(-c2[c-]cccc2)nc1.[Ir].[Ir].[Ir].[Ir]. The average molecular weight is 2690 g/mol. The first kappa shape index (κ1) is 77.7. The molecule has 0 aliphatic heterocycles. The van der Waals surface area contributed by atoms with Crippen LogP contribution in [-0.2, 0) is 80.4 Å². The summed E-state index contributed by atoms with van der Waals surface area (Å²) >= 11 is 0. The monoisotopic (exact) mass is 2690 g/mol. The Morgan fingerprint density at radius 2 is 0.530 bits per heavy atom. The number of furan rings is 4. The number of fused-ring (bicyclic) bond motifs is 12. The third-order valence-electron chi connectivity index (χ3n) is 22.7. The van der Waals surface area contributed by atoms with Gasteiger partial charge in [0.1, 0.15) is 0 Å². The van der Waals surface area contributed by atoms with Gasteiger partial charge in [0.15, 0.2) is 0 Å². The molecule has 20 heteroatoms. The maximum Gasteiger partial charge on any atom is 0.216 e. The summed E-state index contributed by atoms with van der Waals surface area (Å²) < 4.78 is 245. The van der Waals surface area contributed by atoms with Crippen LogP contribution in [0.2, 0.25) is 0 Å². The van der Waals surface area contributed by atoms with E-state index in [1.165, 1.54) is 68.4 Å². The molecule has 24 aromatic rings. The second-order valence-electron chi connectivity index (χ2n) is 33.5. The minimum absolute atomic E-state index is 0. The van der Waals surface area contributed by atoms with Crippen molar-refractivity contribution < 1.29 is 138 Å². The molecule has 1 unspecified atom stereocenters. The number of rotatable bonds is 13. The van der Waals surface area contributed by atoms with Gasteiger partial charge in [-0.1, -0.05) is 208 Å². The predicted molar refractivity (Wildman–Crippen MR) is 587 cm³/mol. The molecule has 24 rings (SSSR count). The second kappa shape index (κ2) is 52.8. The van der Waals surface area contributed by atoms with Crippen molar-refractivity contribution in [1.82, 2.24) is 59.8 Å². The summed E-state index contributed by atoms with van der Waals surface area (Å²) in [6.07, 6.45) is 13.4. The average Bonchev–Trinajstić information content (AvgIpc) is 0.873. The van der Waals surface area contributed by atoms with Crippen LogP contribution in [0.1, 0.15) is 200 Å². The molecule has 0 fully saturated rings. The molecule has 0 aliphatic rings. The Hall–Kier alpha value is -14.6. The molecular formula is C129H110Ir4N12O4-8. The molecule has 0 amide bonds. The first-order valence-corrected chi connectivity index (χ1v) is 45.8. The van der Waals surface area contributed by atoms with Gasteiger partial charge in [-0.05, 0) is 211 Å². The van der Waals surface area contributed by atoms with Crippen LogP contribution >= 0.6 is 0 Å². The molecule has 0 spiro atoms. The van der Waals surface area contributed by atoms with E-state index in [-0.39, 0.29) is 120 Å². The first-order valence-electron chi connectivity index (χ1n) is 60.3. The zero-order valence-electron chi connectivity index (χ0n) is 110. The quantitative estimate of drug-likeness (QED) is 0.0984. The number of pyridine rings is 12. The number of hydrogen-bond donors (Lipinski definition) is 0. The molecule has 149 heavy (non-hydrogen) atoms. The van der Waals surface area contributed by atoms with Crippen LogP contribution < -0.4 is 0 Å². The summed E-state index contributed by atoms with van der Waals surface area (Å²) in [7, 11) is 0. The minimum Gasteiger partial charge on any atom is -0.486 e. The fourth-order valence-corrected chi connectivity index (χ4v) is 15.3. The summed E-state index contributed by atoms with van der Waals surface area (Å²) in [5, 5.41) is 7.15. The van der Waals surface area contributed by atoms with Gasteiger partial charge in [-0.25, -0.2) is 19.9 Å². The molecule has 16 aromatic heterocycles. The first-order chi connectivity index (χ1) is 81.9. The third-order valence-corrected chi connectivity index (χ3v) is 22.7. The summed E-state index contributed by atoms with van der Waals surface area (Å²) in [5.74, 6) is -8.63. The Bertz CT molecular complexity index is 9380. The van der Waals surface area contributed by atoms with Crippen LogP contribution in [0.4, 0.5) is 0 Å². The van der Waals surface area contributed by atoms with Crippen molar-refractivity contribution >= 4 is 88.3 Å². The topological polar surface area (TPSA) is 207 Å². The summed E-state index contributed by atoms with van der Waals surface area (Å²) in [6, 6.07) is 111. The van der Waals surface area contributed by atoms with Crippen LogP contribution in [0.25, 0.3) is 178 Å². The van der Waals surface area contributed by atoms with Crippen molar-refractivity contribution in [3.8, 4) is 90.1 Å². The van der Waals surface area contributed by atoms with E-state index in [1.807, 2.05) is 230 Å². The van der Waals surface area contributed by atoms with Crippen molar-refractivity contribution in [2.45, 2.75) is 140 Å². The van der Waals surface area contributed by atoms with E-state index in [4.69, 9.17) is 57.4 Å². The van der Waals surface area contributed by atoms with Crippen LogP contribution in [-0.4, -0.2) is 59.8 Å². The van der Waals surface area contributed by atoms with E-state index >= 15 is 0 Å². The molecule has 1 atom stereocenters. The summed E-state index contributed by atoms with van der Waals surface area (Å²) in [5.41, 5.74) is 20.4. The van der Waals surface area contributed by atoms with Gasteiger partial charge in [0.05, 0.1) is 22.3 Å². The van der Waals surface area contributed by atoms with E-state index < -0.39 is 84.3 Å². The van der Waals surface area contributed by atoms with Gasteiger partial charge in [0.25, 0.3) is 0 Å². The molecule has 0 aliphatic carbocycles. The molecule has 16 heterocycles. The van der Waals surface area contributed by atoms with Crippen molar-refractivity contribution in [1.29, 1.82) is 0 Å². The Balaban J connectivity index is 0.000000167. The number of aromatic nitrogens is 12. The molecule has 0 saturated heterocycles. The van der Waals surface area contributed by atoms with Gasteiger partial charge in [0.2, 0.25) is 22.9 Å². The van der Waals surface area contributed by atoms with Crippen LogP contribution in [0.3, 0.4) is 0 Å². The van der Waals surface area contributed by atoms with Gasteiger partial charge in [-0.2, -0.15) is 0 Å². The van der Waals surface area contributed by atoms with E-state index in [9.17, 15) is 0 Å². The van der Waals surface area contributed by atoms with Crippen molar-refractivity contribution in [2.75, 3.05) is 0 Å². The van der Waals surface area contributed by atoms with Crippen LogP contribution in [0.15, 0.2) is 365 Å². The largest absolute Gasteiger partial charge is 0.486 e. The fourth-order valence-electron chi connectivity index (χ4n) is 15.3. The van der Waals surface area contributed by atoms with Gasteiger partial charge in [-0.15, -0.1) is 216 Å². The van der Waals surface area contributed by atoms with E-state index in [0.717, 1.165) is 144 Å². The van der Waals surface area contributed by atoms with Gasteiger partial charge < -0.3 is 57.5 Å². The molecule has 0 N–H and O–H groups in total. The zero-order chi connectivity index (χ0) is 126. The maximum atomic E-state index is 8.40. The normalized spacial score (nSPS) is 15.0. The summed E-state index contributed by atoms with van der Waals surface area (Å²) in [4.78, 5) is 51.6. The summed E-state index contributed by atoms with van der Waals surface area (Å²) in [6.45, 7) is -6.48. The Morgan fingerprint density at radius 3 is 0.799 bits per heavy atom. The van der Waals surface area contributed by atoms with Gasteiger partial charge >= 0.3 is 0 Å². The minimum atomic E-state index is -3.08. The molecule has 16 nitrogen and oxygen atoms in total. The predicted octanol–water partition coefficient (Wildman–Crippen LogP) is 33.0. The third kappa shape index (κ3) is 27.9.